The van der Waals surface area contributed by atoms with Crippen LogP contribution in [0.15, 0.2) is 0 Å². The largest absolute Gasteiger partial charge is 0.444 e. The maximum Gasteiger partial charge on any atom is 0.410 e. The number of anilines is 1. The molecule has 3 rings (SSSR count). The van der Waals surface area contributed by atoms with Crippen LogP contribution in [0.5, 0.6) is 0 Å². The van der Waals surface area contributed by atoms with Crippen molar-refractivity contribution in [1.29, 1.82) is 5.26 Å². The molecule has 1 aromatic heterocycles. The van der Waals surface area contributed by atoms with Gasteiger partial charge in [-0.2, -0.15) is 5.26 Å². The molecule has 3 heterocycles. The highest BCUT2D eigenvalue weighted by atomic mass is 35.5. The van der Waals surface area contributed by atoms with Gasteiger partial charge in [0, 0.05) is 25.2 Å². The Morgan fingerprint density at radius 3 is 2.41 bits per heavy atom. The number of pyridine rings is 1. The summed E-state index contributed by atoms with van der Waals surface area (Å²) in [5.74, 6) is 0.567. The number of carbonyl (C=O) groups excluding carboxylic acids is 1. The lowest BCUT2D eigenvalue weighted by Gasteiger charge is -2.57. The molecule has 1 amide bonds. The normalized spacial score (nSPS) is 18.0. The van der Waals surface area contributed by atoms with Crippen LogP contribution in [-0.2, 0) is 11.2 Å². The summed E-state index contributed by atoms with van der Waals surface area (Å²) < 4.78 is 5.49. The standard InChI is InChI=1S/C21H26ClN5O2/c1-6-14-15(13-23)17(22)25-18(16(14)24-5)27-12-9-21(27)7-10-26(11-8-21)19(28)29-20(2,3)4/h6-12H2,1-4H3. The zero-order chi connectivity index (χ0) is 21.4. The number of halogens is 1. The third kappa shape index (κ3) is 3.84. The quantitative estimate of drug-likeness (QED) is 0.517. The number of nitriles is 1. The summed E-state index contributed by atoms with van der Waals surface area (Å²) in [5, 5.41) is 9.57. The Morgan fingerprint density at radius 1 is 1.34 bits per heavy atom. The average molecular weight is 416 g/mol. The molecule has 0 unspecified atom stereocenters. The molecule has 2 saturated heterocycles. The van der Waals surface area contributed by atoms with E-state index in [0.29, 0.717) is 42.1 Å². The number of piperidine rings is 1. The molecule has 2 fully saturated rings. The number of aromatic nitrogens is 1. The van der Waals surface area contributed by atoms with Crippen LogP contribution in [0, 0.1) is 17.9 Å². The number of hydrogen-bond donors (Lipinski definition) is 0. The fourth-order valence-corrected chi connectivity index (χ4v) is 4.40. The third-order valence-corrected chi connectivity index (χ3v) is 6.04. The zero-order valence-corrected chi connectivity index (χ0v) is 18.1. The number of nitrogens with zero attached hydrogens (tertiary/aromatic N) is 5. The van der Waals surface area contributed by atoms with Crippen LogP contribution in [-0.4, -0.2) is 46.8 Å². The van der Waals surface area contributed by atoms with Crippen molar-refractivity contribution in [2.75, 3.05) is 24.5 Å². The molecule has 2 aliphatic rings. The predicted octanol–water partition coefficient (Wildman–Crippen LogP) is 4.70. The first kappa shape index (κ1) is 21.2. The van der Waals surface area contributed by atoms with Crippen LogP contribution in [0.4, 0.5) is 16.3 Å². The highest BCUT2D eigenvalue weighted by Crippen LogP contribution is 2.47. The monoisotopic (exact) mass is 415 g/mol. The lowest BCUT2D eigenvalue weighted by atomic mass is 9.76. The second kappa shape index (κ2) is 7.72. The van der Waals surface area contributed by atoms with E-state index in [0.717, 1.165) is 25.8 Å². The fourth-order valence-electron chi connectivity index (χ4n) is 4.17. The fraction of sp³-hybridized carbons (Fsp3) is 0.619. The van der Waals surface area contributed by atoms with E-state index in [4.69, 9.17) is 22.9 Å². The van der Waals surface area contributed by atoms with Gasteiger partial charge in [-0.1, -0.05) is 18.5 Å². The average Bonchev–Trinajstić information content (AvgIpc) is 2.65. The second-order valence-electron chi connectivity index (χ2n) is 8.60. The van der Waals surface area contributed by atoms with Crippen molar-refractivity contribution in [3.05, 3.63) is 27.7 Å². The Bertz CT molecular complexity index is 902. The summed E-state index contributed by atoms with van der Waals surface area (Å²) in [7, 11) is 0. The van der Waals surface area contributed by atoms with Crippen molar-refractivity contribution in [2.45, 2.75) is 64.5 Å². The molecule has 8 heteroatoms. The van der Waals surface area contributed by atoms with Crippen molar-refractivity contribution in [3.63, 3.8) is 0 Å². The molecular formula is C21H26ClN5O2. The van der Waals surface area contributed by atoms with Crippen LogP contribution in [0.25, 0.3) is 4.85 Å². The van der Waals surface area contributed by atoms with Crippen molar-refractivity contribution >= 4 is 29.2 Å². The van der Waals surface area contributed by atoms with Gasteiger partial charge >= 0.3 is 6.09 Å². The van der Waals surface area contributed by atoms with Gasteiger partial charge in [-0.25, -0.2) is 14.6 Å². The number of carbonyl (C=O) groups is 1. The first-order valence-corrected chi connectivity index (χ1v) is 10.3. The predicted molar refractivity (Wildman–Crippen MR) is 111 cm³/mol. The Balaban J connectivity index is 1.84. The van der Waals surface area contributed by atoms with Gasteiger partial charge in [-0.05, 0) is 52.0 Å². The van der Waals surface area contributed by atoms with Gasteiger partial charge in [-0.3, -0.25) is 0 Å². The van der Waals surface area contributed by atoms with Crippen molar-refractivity contribution < 1.29 is 9.53 Å². The van der Waals surface area contributed by atoms with Crippen LogP contribution >= 0.6 is 11.6 Å². The summed E-state index contributed by atoms with van der Waals surface area (Å²) >= 11 is 6.29. The minimum Gasteiger partial charge on any atom is -0.444 e. The molecule has 0 atom stereocenters. The van der Waals surface area contributed by atoms with E-state index >= 15 is 0 Å². The van der Waals surface area contributed by atoms with E-state index in [9.17, 15) is 10.1 Å². The summed E-state index contributed by atoms with van der Waals surface area (Å²) in [5.41, 5.74) is 0.720. The SMILES string of the molecule is [C-]#[N+]c1c(N2CCC23CCN(C(=O)OC(C)(C)C)CC3)nc(Cl)c(C#N)c1CC. The lowest BCUT2D eigenvalue weighted by molar-refractivity contribution is 0.0129. The first-order chi connectivity index (χ1) is 13.7. The molecule has 0 bridgehead atoms. The van der Waals surface area contributed by atoms with E-state index in [2.05, 4.69) is 20.8 Å². The topological polar surface area (TPSA) is 73.8 Å². The van der Waals surface area contributed by atoms with Gasteiger partial charge in [0.1, 0.15) is 22.6 Å². The van der Waals surface area contributed by atoms with Crippen LogP contribution in [0.3, 0.4) is 0 Å². The molecule has 1 spiro atoms. The van der Waals surface area contributed by atoms with E-state index < -0.39 is 5.60 Å². The molecule has 2 aliphatic heterocycles. The Labute approximate surface area is 177 Å². The van der Waals surface area contributed by atoms with Gasteiger partial charge in [-0.15, -0.1) is 0 Å². The molecule has 0 N–H and O–H groups in total. The van der Waals surface area contributed by atoms with Crippen molar-refractivity contribution in [3.8, 4) is 6.07 Å². The molecule has 0 saturated carbocycles. The number of ether oxygens (including phenoxy) is 1. The van der Waals surface area contributed by atoms with E-state index in [-0.39, 0.29) is 16.8 Å². The van der Waals surface area contributed by atoms with Gasteiger partial charge in [0.15, 0.2) is 0 Å². The maximum absolute atomic E-state index is 12.4. The minimum absolute atomic E-state index is 0.131. The lowest BCUT2D eigenvalue weighted by Crippen LogP contribution is -2.65. The molecule has 154 valence electrons. The third-order valence-electron chi connectivity index (χ3n) is 5.76. The molecule has 1 aromatic rings. The van der Waals surface area contributed by atoms with Gasteiger partial charge in [0.05, 0.1) is 12.1 Å². The van der Waals surface area contributed by atoms with Gasteiger partial charge < -0.3 is 14.5 Å². The Kier molecular flexibility index (Phi) is 5.65. The van der Waals surface area contributed by atoms with E-state index in [1.807, 2.05) is 27.7 Å². The zero-order valence-electron chi connectivity index (χ0n) is 17.4. The van der Waals surface area contributed by atoms with Crippen LogP contribution in [0.1, 0.15) is 58.1 Å². The van der Waals surface area contributed by atoms with Gasteiger partial charge in [0.25, 0.3) is 0 Å². The van der Waals surface area contributed by atoms with Crippen LogP contribution < -0.4 is 4.90 Å². The molecule has 0 radical (unpaired) electrons. The highest BCUT2D eigenvalue weighted by molar-refractivity contribution is 6.31. The Hall–Kier alpha value is -2.51. The van der Waals surface area contributed by atoms with Crippen molar-refractivity contribution in [2.24, 2.45) is 0 Å². The number of rotatable bonds is 2. The highest BCUT2D eigenvalue weighted by Gasteiger charge is 2.49. The summed E-state index contributed by atoms with van der Waals surface area (Å²) in [6.07, 6.45) is 2.80. The Morgan fingerprint density at radius 2 is 1.97 bits per heavy atom. The van der Waals surface area contributed by atoms with Crippen LogP contribution in [0.2, 0.25) is 5.15 Å². The first-order valence-electron chi connectivity index (χ1n) is 9.91. The number of hydrogen-bond acceptors (Lipinski definition) is 5. The summed E-state index contributed by atoms with van der Waals surface area (Å²) in [4.78, 5) is 24.4. The minimum atomic E-state index is -0.515. The van der Waals surface area contributed by atoms with E-state index in [1.54, 1.807) is 4.90 Å². The summed E-state index contributed by atoms with van der Waals surface area (Å²) in [6.45, 7) is 17.2. The molecule has 0 aromatic carbocycles. The maximum atomic E-state index is 12.4. The molecule has 7 nitrogen and oxygen atoms in total. The van der Waals surface area contributed by atoms with Crippen molar-refractivity contribution in [1.82, 2.24) is 9.88 Å². The molecule has 29 heavy (non-hydrogen) atoms. The number of amides is 1. The summed E-state index contributed by atoms with van der Waals surface area (Å²) in [6, 6.07) is 2.09. The second-order valence-corrected chi connectivity index (χ2v) is 8.96. The van der Waals surface area contributed by atoms with Gasteiger partial charge in [0.2, 0.25) is 5.69 Å². The molecule has 0 aliphatic carbocycles. The molecular weight excluding hydrogens is 390 g/mol. The van der Waals surface area contributed by atoms with E-state index in [1.165, 1.54) is 0 Å². The number of likely N-dealkylation sites (tertiary alicyclic amines) is 1. The smallest absolute Gasteiger partial charge is 0.410 e.